The largest absolute Gasteiger partial charge is 0.487 e. The Labute approximate surface area is 191 Å². The Hall–Kier alpha value is -3.07. The van der Waals surface area contributed by atoms with E-state index in [1.807, 2.05) is 0 Å². The van der Waals surface area contributed by atoms with Crippen LogP contribution in [0.3, 0.4) is 0 Å². The summed E-state index contributed by atoms with van der Waals surface area (Å²) in [6, 6.07) is 19.1. The predicted octanol–water partition coefficient (Wildman–Crippen LogP) is 4.46. The van der Waals surface area contributed by atoms with Crippen LogP contribution in [-0.4, -0.2) is 39.8 Å². The molecule has 0 saturated carbocycles. The van der Waals surface area contributed by atoms with E-state index in [9.17, 15) is 13.2 Å². The minimum absolute atomic E-state index is 0.0533. The van der Waals surface area contributed by atoms with E-state index in [1.165, 1.54) is 41.7 Å². The van der Waals surface area contributed by atoms with Crippen molar-refractivity contribution >= 4 is 33.3 Å². The van der Waals surface area contributed by atoms with Crippen molar-refractivity contribution in [2.45, 2.75) is 11.5 Å². The molecule has 32 heavy (non-hydrogen) atoms. The molecule has 0 heterocycles. The second kappa shape index (κ2) is 10.5. The molecule has 168 valence electrons. The summed E-state index contributed by atoms with van der Waals surface area (Å²) in [6.45, 7) is 0.324. The average molecular weight is 476 g/mol. The molecule has 0 spiro atoms. The number of hydrogen-bond acceptors (Lipinski definition) is 5. The van der Waals surface area contributed by atoms with Gasteiger partial charge in [-0.25, -0.2) is 13.2 Å². The van der Waals surface area contributed by atoms with E-state index in [0.717, 1.165) is 5.56 Å². The van der Waals surface area contributed by atoms with Crippen molar-refractivity contribution in [1.29, 1.82) is 0 Å². The second-order valence-electron chi connectivity index (χ2n) is 6.79. The number of hydrogen-bond donors (Lipinski definition) is 1. The van der Waals surface area contributed by atoms with Crippen molar-refractivity contribution in [3.8, 4) is 5.75 Å². The molecule has 0 atom stereocenters. The molecule has 0 bridgehead atoms. The Morgan fingerprint density at radius 1 is 1.03 bits per heavy atom. The van der Waals surface area contributed by atoms with Crippen LogP contribution in [0.25, 0.3) is 0 Å². The van der Waals surface area contributed by atoms with Crippen molar-refractivity contribution in [3.05, 3.63) is 88.9 Å². The van der Waals surface area contributed by atoms with Crippen LogP contribution in [0, 0.1) is 0 Å². The van der Waals surface area contributed by atoms with Crippen molar-refractivity contribution in [2.24, 2.45) is 0 Å². The van der Waals surface area contributed by atoms with E-state index < -0.39 is 16.0 Å². The Morgan fingerprint density at radius 2 is 1.72 bits per heavy atom. The molecular weight excluding hydrogens is 454 g/mol. The SMILES string of the molecule is COCCN(c1cc(Cl)ccc1OCc1ccc(C(=O)O)cc1)S(=O)(=O)c1ccccc1. The number of nitrogens with zero attached hydrogens (tertiary/aromatic N) is 1. The van der Waals surface area contributed by atoms with Crippen molar-refractivity contribution in [1.82, 2.24) is 0 Å². The first-order chi connectivity index (χ1) is 15.3. The summed E-state index contributed by atoms with van der Waals surface area (Å²) in [4.78, 5) is 11.2. The van der Waals surface area contributed by atoms with Gasteiger partial charge in [0.2, 0.25) is 0 Å². The van der Waals surface area contributed by atoms with Gasteiger partial charge in [0, 0.05) is 12.1 Å². The molecule has 0 aliphatic heterocycles. The molecule has 0 aliphatic carbocycles. The molecule has 3 rings (SSSR count). The fourth-order valence-corrected chi connectivity index (χ4v) is 4.61. The number of halogens is 1. The summed E-state index contributed by atoms with van der Waals surface area (Å²) in [6.07, 6.45) is 0. The highest BCUT2D eigenvalue weighted by atomic mass is 35.5. The fourth-order valence-electron chi connectivity index (χ4n) is 2.98. The van der Waals surface area contributed by atoms with Gasteiger partial charge in [0.05, 0.1) is 29.3 Å². The molecule has 0 unspecified atom stereocenters. The third-order valence-corrected chi connectivity index (χ3v) is 6.68. The van der Waals surface area contributed by atoms with Gasteiger partial charge in [-0.1, -0.05) is 41.9 Å². The molecule has 0 radical (unpaired) electrons. The van der Waals surface area contributed by atoms with Crippen LogP contribution >= 0.6 is 11.6 Å². The summed E-state index contributed by atoms with van der Waals surface area (Å²) in [5.41, 5.74) is 1.17. The Bertz CT molecular complexity index is 1170. The topological polar surface area (TPSA) is 93.1 Å². The first kappa shape index (κ1) is 23.6. The van der Waals surface area contributed by atoms with E-state index in [2.05, 4.69) is 0 Å². The number of anilines is 1. The highest BCUT2D eigenvalue weighted by Gasteiger charge is 2.27. The third kappa shape index (κ3) is 5.59. The van der Waals surface area contributed by atoms with Crippen LogP contribution in [0.5, 0.6) is 5.75 Å². The van der Waals surface area contributed by atoms with Gasteiger partial charge >= 0.3 is 5.97 Å². The molecule has 0 amide bonds. The zero-order chi connectivity index (χ0) is 23.1. The van der Waals surface area contributed by atoms with E-state index in [0.29, 0.717) is 10.8 Å². The minimum atomic E-state index is -3.91. The van der Waals surface area contributed by atoms with Gasteiger partial charge in [0.25, 0.3) is 10.0 Å². The molecule has 0 aliphatic rings. The molecule has 3 aromatic carbocycles. The first-order valence-corrected chi connectivity index (χ1v) is 11.5. The lowest BCUT2D eigenvalue weighted by molar-refractivity contribution is 0.0697. The maximum Gasteiger partial charge on any atom is 0.335 e. The molecule has 0 saturated heterocycles. The van der Waals surface area contributed by atoms with Crippen molar-refractivity contribution in [2.75, 3.05) is 24.6 Å². The summed E-state index contributed by atoms with van der Waals surface area (Å²) >= 11 is 6.19. The molecular formula is C23H22ClNO6S. The second-order valence-corrected chi connectivity index (χ2v) is 9.08. The molecule has 0 aromatic heterocycles. The third-order valence-electron chi connectivity index (χ3n) is 4.61. The molecule has 7 nitrogen and oxygen atoms in total. The number of rotatable bonds is 10. The summed E-state index contributed by atoms with van der Waals surface area (Å²) in [5.74, 6) is -0.704. The quantitative estimate of drug-likeness (QED) is 0.465. The van der Waals surface area contributed by atoms with Gasteiger partial charge in [-0.05, 0) is 48.0 Å². The summed E-state index contributed by atoms with van der Waals surface area (Å²) < 4.78 is 39.0. The number of benzene rings is 3. The van der Waals surface area contributed by atoms with E-state index in [-0.39, 0.29) is 35.9 Å². The average Bonchev–Trinajstić information content (AvgIpc) is 2.79. The van der Waals surface area contributed by atoms with Crippen molar-refractivity contribution in [3.63, 3.8) is 0 Å². The van der Waals surface area contributed by atoms with Crippen LogP contribution in [0.1, 0.15) is 15.9 Å². The van der Waals surface area contributed by atoms with Crippen LogP contribution in [0.2, 0.25) is 5.02 Å². The van der Waals surface area contributed by atoms with Crippen LogP contribution in [-0.2, 0) is 21.4 Å². The number of carboxylic acid groups (broad SMARTS) is 1. The zero-order valence-electron chi connectivity index (χ0n) is 17.3. The Kier molecular flexibility index (Phi) is 7.74. The minimum Gasteiger partial charge on any atom is -0.487 e. The monoisotopic (exact) mass is 475 g/mol. The molecule has 0 fully saturated rings. The highest BCUT2D eigenvalue weighted by Crippen LogP contribution is 2.35. The van der Waals surface area contributed by atoms with E-state index >= 15 is 0 Å². The van der Waals surface area contributed by atoms with Gasteiger partial charge < -0.3 is 14.6 Å². The zero-order valence-corrected chi connectivity index (χ0v) is 18.8. The maximum absolute atomic E-state index is 13.4. The molecule has 1 N–H and O–H groups in total. The summed E-state index contributed by atoms with van der Waals surface area (Å²) in [7, 11) is -2.42. The lowest BCUT2D eigenvalue weighted by Crippen LogP contribution is -2.34. The van der Waals surface area contributed by atoms with E-state index in [1.54, 1.807) is 42.5 Å². The number of ether oxygens (including phenoxy) is 2. The van der Waals surface area contributed by atoms with Gasteiger partial charge in [0.15, 0.2) is 0 Å². The van der Waals surface area contributed by atoms with Gasteiger partial charge in [0.1, 0.15) is 12.4 Å². The first-order valence-electron chi connectivity index (χ1n) is 9.64. The molecule has 3 aromatic rings. The smallest absolute Gasteiger partial charge is 0.335 e. The number of sulfonamides is 1. The van der Waals surface area contributed by atoms with Gasteiger partial charge in [-0.3, -0.25) is 4.31 Å². The van der Waals surface area contributed by atoms with Crippen LogP contribution in [0.4, 0.5) is 5.69 Å². The predicted molar refractivity (Wildman–Crippen MR) is 122 cm³/mol. The molecule has 9 heteroatoms. The summed E-state index contributed by atoms with van der Waals surface area (Å²) in [5, 5.41) is 9.38. The normalized spacial score (nSPS) is 11.2. The van der Waals surface area contributed by atoms with Crippen molar-refractivity contribution < 1.29 is 27.8 Å². The number of aromatic carboxylic acids is 1. The highest BCUT2D eigenvalue weighted by molar-refractivity contribution is 7.92. The van der Waals surface area contributed by atoms with Gasteiger partial charge in [-0.15, -0.1) is 0 Å². The Balaban J connectivity index is 1.95. The van der Waals surface area contributed by atoms with E-state index in [4.69, 9.17) is 26.2 Å². The van der Waals surface area contributed by atoms with Crippen LogP contribution in [0.15, 0.2) is 77.7 Å². The Morgan fingerprint density at radius 3 is 2.34 bits per heavy atom. The number of carboxylic acids is 1. The van der Waals surface area contributed by atoms with Crippen LogP contribution < -0.4 is 9.04 Å². The lowest BCUT2D eigenvalue weighted by atomic mass is 10.1. The standard InChI is InChI=1S/C23H22ClNO6S/c1-30-14-13-25(32(28,29)20-5-3-2-4-6-20)21-15-19(24)11-12-22(21)31-16-17-7-9-18(10-8-17)23(26)27/h2-12,15H,13-14,16H2,1H3,(H,26,27). The lowest BCUT2D eigenvalue weighted by Gasteiger charge is -2.26. The number of methoxy groups -OCH3 is 1. The maximum atomic E-state index is 13.4. The number of carbonyl (C=O) groups is 1. The van der Waals surface area contributed by atoms with Gasteiger partial charge in [-0.2, -0.15) is 0 Å². The fraction of sp³-hybridized carbons (Fsp3) is 0.174.